The van der Waals surface area contributed by atoms with Crippen LogP contribution < -0.4 is 10.1 Å². The van der Waals surface area contributed by atoms with Crippen molar-refractivity contribution in [1.29, 1.82) is 0 Å². The third kappa shape index (κ3) is 5.50. The highest BCUT2D eigenvalue weighted by atomic mass is 35.5. The highest BCUT2D eigenvalue weighted by molar-refractivity contribution is 6.30. The molecule has 5 rings (SSSR count). The Hall–Kier alpha value is -2.77. The number of carbonyl (C=O) groups excluding carboxylic acids is 2. The summed E-state index contributed by atoms with van der Waals surface area (Å²) in [7, 11) is 0. The van der Waals surface area contributed by atoms with Crippen LogP contribution in [0.5, 0.6) is 5.75 Å². The molecule has 0 aliphatic carbocycles. The highest BCUT2D eigenvalue weighted by Crippen LogP contribution is 2.53. The van der Waals surface area contributed by atoms with Crippen LogP contribution >= 0.6 is 11.6 Å². The van der Waals surface area contributed by atoms with Gasteiger partial charge in [-0.2, -0.15) is 0 Å². The summed E-state index contributed by atoms with van der Waals surface area (Å²) in [6, 6.07) is 14.6. The number of hydrogen-bond donors (Lipinski definition) is 1. The Morgan fingerprint density at radius 2 is 1.95 bits per heavy atom. The lowest BCUT2D eigenvalue weighted by molar-refractivity contribution is -0.189. The van der Waals surface area contributed by atoms with E-state index in [4.69, 9.17) is 25.8 Å². The number of alkyl carbamates (subject to hydrolysis) is 1. The topological polar surface area (TPSA) is 77.1 Å². The Labute approximate surface area is 229 Å². The van der Waals surface area contributed by atoms with E-state index in [9.17, 15) is 9.59 Å². The summed E-state index contributed by atoms with van der Waals surface area (Å²) in [5, 5.41) is 3.49. The van der Waals surface area contributed by atoms with Crippen LogP contribution in [0.15, 0.2) is 48.5 Å². The Morgan fingerprint density at radius 3 is 2.68 bits per heavy atom. The van der Waals surface area contributed by atoms with Gasteiger partial charge in [0.25, 0.3) is 0 Å². The zero-order chi connectivity index (χ0) is 27.0. The van der Waals surface area contributed by atoms with Gasteiger partial charge in [0.2, 0.25) is 5.91 Å². The van der Waals surface area contributed by atoms with Gasteiger partial charge in [-0.25, -0.2) is 4.79 Å². The number of amides is 2. The Kier molecular flexibility index (Phi) is 7.60. The lowest BCUT2D eigenvalue weighted by Crippen LogP contribution is -2.58. The van der Waals surface area contributed by atoms with Gasteiger partial charge in [0, 0.05) is 35.5 Å². The van der Waals surface area contributed by atoms with Crippen LogP contribution in [0.1, 0.15) is 57.8 Å². The molecule has 1 N–H and O–H groups in total. The molecule has 0 saturated carbocycles. The predicted octanol–water partition coefficient (Wildman–Crippen LogP) is 5.76. The van der Waals surface area contributed by atoms with Crippen molar-refractivity contribution < 1.29 is 23.8 Å². The fourth-order valence-electron chi connectivity index (χ4n) is 6.08. The molecule has 8 heteroatoms. The lowest BCUT2D eigenvalue weighted by Gasteiger charge is -2.53. The van der Waals surface area contributed by atoms with Crippen LogP contribution in [0.2, 0.25) is 5.02 Å². The van der Waals surface area contributed by atoms with E-state index in [-0.39, 0.29) is 42.5 Å². The highest BCUT2D eigenvalue weighted by Gasteiger charge is 2.52. The molecule has 38 heavy (non-hydrogen) atoms. The fraction of sp³-hybridized carbons (Fsp3) is 0.533. The molecule has 3 heterocycles. The monoisotopic (exact) mass is 540 g/mol. The van der Waals surface area contributed by atoms with Gasteiger partial charge >= 0.3 is 6.09 Å². The fourth-order valence-corrected chi connectivity index (χ4v) is 6.26. The Morgan fingerprint density at radius 1 is 1.18 bits per heavy atom. The summed E-state index contributed by atoms with van der Waals surface area (Å²) in [5.74, 6) is 1.00. The molecule has 5 atom stereocenters. The van der Waals surface area contributed by atoms with Crippen molar-refractivity contribution in [3.63, 3.8) is 0 Å². The minimum Gasteiger partial charge on any atom is -0.487 e. The van der Waals surface area contributed by atoms with Crippen molar-refractivity contribution in [3.05, 3.63) is 64.7 Å². The second-order valence-electron chi connectivity index (χ2n) is 11.6. The minimum absolute atomic E-state index is 0.0577. The van der Waals surface area contributed by atoms with E-state index in [1.807, 2.05) is 67.3 Å². The molecule has 204 valence electrons. The van der Waals surface area contributed by atoms with Crippen LogP contribution in [0.3, 0.4) is 0 Å². The number of carbonyl (C=O) groups is 2. The first-order chi connectivity index (χ1) is 18.1. The van der Waals surface area contributed by atoms with Crippen LogP contribution in [-0.2, 0) is 20.9 Å². The molecule has 0 unspecified atom stereocenters. The Bertz CT molecular complexity index is 1170. The molecule has 2 aromatic carbocycles. The first-order valence-electron chi connectivity index (χ1n) is 13.5. The molecule has 0 spiro atoms. The summed E-state index contributed by atoms with van der Waals surface area (Å²) >= 11 is 6.32. The average molecular weight is 541 g/mol. The first-order valence-corrected chi connectivity index (χ1v) is 13.9. The molecular formula is C30H37ClN2O5. The van der Waals surface area contributed by atoms with Gasteiger partial charge in [-0.3, -0.25) is 4.79 Å². The second kappa shape index (κ2) is 10.8. The van der Waals surface area contributed by atoms with Crippen molar-refractivity contribution in [1.82, 2.24) is 10.2 Å². The number of halogens is 1. The molecule has 2 fully saturated rings. The number of rotatable bonds is 5. The van der Waals surface area contributed by atoms with Gasteiger partial charge in [-0.05, 0) is 56.4 Å². The van der Waals surface area contributed by atoms with Crippen LogP contribution in [0.4, 0.5) is 4.79 Å². The summed E-state index contributed by atoms with van der Waals surface area (Å²) in [6.07, 6.45) is 1.03. The zero-order valence-corrected chi connectivity index (χ0v) is 23.2. The average Bonchev–Trinajstić information content (AvgIpc) is 2.90. The maximum absolute atomic E-state index is 13.6. The molecule has 2 aromatic rings. The van der Waals surface area contributed by atoms with E-state index in [0.29, 0.717) is 18.1 Å². The van der Waals surface area contributed by atoms with Crippen LogP contribution in [-0.4, -0.2) is 47.7 Å². The minimum atomic E-state index is -0.657. The van der Waals surface area contributed by atoms with Gasteiger partial charge in [0.1, 0.15) is 24.0 Å². The molecule has 2 saturated heterocycles. The standard InChI is InChI=1S/C30H37ClN2O5/c1-18(2)26(32-29(35)36-17-19-8-6-5-7-9-19)28(34)33-13-12-24-20(16-33)14-23-27(37-24)22-15-21(31)10-11-25(22)38-30(23,3)4/h5-11,15,18,20,23-24,26-27H,12-14,16-17H2,1-4H3,(H,32,35)/t20-,23+,24+,26+,27-/m1/s1. The summed E-state index contributed by atoms with van der Waals surface area (Å²) in [6.45, 7) is 9.43. The summed E-state index contributed by atoms with van der Waals surface area (Å²) < 4.78 is 18.5. The summed E-state index contributed by atoms with van der Waals surface area (Å²) in [5.41, 5.74) is 1.50. The van der Waals surface area contributed by atoms with E-state index < -0.39 is 17.7 Å². The molecule has 0 aromatic heterocycles. The SMILES string of the molecule is CC(C)[C@H](NC(=O)OCc1ccccc1)C(=O)N1CC[C@@H]2O[C@@H]3c4cc(Cl)ccc4OC(C)(C)[C@H]3C[C@@H]2C1. The van der Waals surface area contributed by atoms with E-state index in [1.54, 1.807) is 0 Å². The van der Waals surface area contributed by atoms with Gasteiger partial charge in [0.05, 0.1) is 12.2 Å². The second-order valence-corrected chi connectivity index (χ2v) is 12.0. The molecule has 7 nitrogen and oxygen atoms in total. The van der Waals surface area contributed by atoms with E-state index in [1.165, 1.54) is 0 Å². The number of nitrogens with zero attached hydrogens (tertiary/aromatic N) is 1. The van der Waals surface area contributed by atoms with Crippen LogP contribution in [0.25, 0.3) is 0 Å². The van der Waals surface area contributed by atoms with E-state index in [2.05, 4.69) is 19.2 Å². The van der Waals surface area contributed by atoms with Gasteiger partial charge < -0.3 is 24.4 Å². The normalized spacial score (nSPS) is 26.3. The third-order valence-electron chi connectivity index (χ3n) is 8.18. The number of ether oxygens (including phenoxy) is 3. The van der Waals surface area contributed by atoms with Crippen molar-refractivity contribution >= 4 is 23.6 Å². The number of benzene rings is 2. The van der Waals surface area contributed by atoms with Crippen molar-refractivity contribution in [2.45, 2.75) is 71.0 Å². The quantitative estimate of drug-likeness (QED) is 0.522. The van der Waals surface area contributed by atoms with Crippen molar-refractivity contribution in [2.75, 3.05) is 13.1 Å². The largest absolute Gasteiger partial charge is 0.487 e. The maximum atomic E-state index is 13.6. The molecule has 3 aliphatic rings. The van der Waals surface area contributed by atoms with Crippen molar-refractivity contribution in [2.24, 2.45) is 17.8 Å². The number of likely N-dealkylation sites (tertiary alicyclic amines) is 1. The first kappa shape index (κ1) is 26.8. The smallest absolute Gasteiger partial charge is 0.408 e. The number of piperidine rings is 1. The number of nitrogens with one attached hydrogen (secondary N) is 1. The molecule has 0 bridgehead atoms. The van der Waals surface area contributed by atoms with Crippen molar-refractivity contribution in [3.8, 4) is 5.75 Å². The molecule has 3 aliphatic heterocycles. The van der Waals surface area contributed by atoms with Gasteiger partial charge in [0.15, 0.2) is 0 Å². The molecule has 0 radical (unpaired) electrons. The third-order valence-corrected chi connectivity index (χ3v) is 8.42. The Balaban J connectivity index is 1.24. The van der Waals surface area contributed by atoms with Crippen LogP contribution in [0, 0.1) is 17.8 Å². The summed E-state index contributed by atoms with van der Waals surface area (Å²) in [4.78, 5) is 28.0. The zero-order valence-electron chi connectivity index (χ0n) is 22.5. The molecule has 2 amide bonds. The number of hydrogen-bond acceptors (Lipinski definition) is 5. The van der Waals surface area contributed by atoms with Gasteiger partial charge in [-0.1, -0.05) is 55.8 Å². The van der Waals surface area contributed by atoms with E-state index >= 15 is 0 Å². The predicted molar refractivity (Wildman–Crippen MR) is 145 cm³/mol. The number of fused-ring (bicyclic) bond motifs is 4. The lowest BCUT2D eigenvalue weighted by atomic mass is 9.70. The maximum Gasteiger partial charge on any atom is 0.408 e. The van der Waals surface area contributed by atoms with E-state index in [0.717, 1.165) is 29.7 Å². The van der Waals surface area contributed by atoms with Gasteiger partial charge in [-0.15, -0.1) is 0 Å². The molecular weight excluding hydrogens is 504 g/mol.